The van der Waals surface area contributed by atoms with Gasteiger partial charge in [-0.05, 0) is 62.7 Å². The highest BCUT2D eigenvalue weighted by atomic mass is 19.1. The highest BCUT2D eigenvalue weighted by molar-refractivity contribution is 5.89. The normalized spacial score (nSPS) is 10.9. The number of benzene rings is 3. The van der Waals surface area contributed by atoms with Crippen LogP contribution in [0.5, 0.6) is 11.5 Å². The van der Waals surface area contributed by atoms with Crippen LogP contribution in [0.1, 0.15) is 31.9 Å². The maximum absolute atomic E-state index is 14.0. The molecule has 3 amide bonds. The van der Waals surface area contributed by atoms with E-state index in [1.807, 2.05) is 18.2 Å². The number of alkyl carbamates (subject to hydrolysis) is 1. The zero-order valence-electron chi connectivity index (χ0n) is 22.4. The molecule has 3 aromatic rings. The molecule has 0 fully saturated rings. The number of hydrogen-bond donors (Lipinski definition) is 2. The van der Waals surface area contributed by atoms with Gasteiger partial charge in [-0.1, -0.05) is 24.3 Å². The second-order valence-electron chi connectivity index (χ2n) is 9.66. The van der Waals surface area contributed by atoms with Gasteiger partial charge in [0.1, 0.15) is 23.8 Å². The average Bonchev–Trinajstić information content (AvgIpc) is 2.87. The van der Waals surface area contributed by atoms with Crippen molar-refractivity contribution in [2.75, 3.05) is 25.5 Å². The van der Waals surface area contributed by atoms with Crippen molar-refractivity contribution in [3.63, 3.8) is 0 Å². The number of amides is 3. The van der Waals surface area contributed by atoms with E-state index in [1.54, 1.807) is 51.1 Å². The third-order valence-electron chi connectivity index (χ3n) is 5.36. The Bertz CT molecular complexity index is 1270. The molecule has 208 valence electrons. The molecule has 8 nitrogen and oxygen atoms in total. The highest BCUT2D eigenvalue weighted by Crippen LogP contribution is 2.30. The first-order valence-electron chi connectivity index (χ1n) is 12.4. The van der Waals surface area contributed by atoms with E-state index >= 15 is 0 Å². The Hall–Kier alpha value is -4.34. The Labute approximate surface area is 226 Å². The molecule has 39 heavy (non-hydrogen) atoms. The number of ether oxygens (including phenoxy) is 3. The lowest BCUT2D eigenvalue weighted by Crippen LogP contribution is -2.41. The smallest absolute Gasteiger partial charge is 0.407 e. The summed E-state index contributed by atoms with van der Waals surface area (Å²) >= 11 is 0. The molecule has 0 saturated carbocycles. The van der Waals surface area contributed by atoms with Gasteiger partial charge in [0.2, 0.25) is 0 Å². The summed E-state index contributed by atoms with van der Waals surface area (Å²) in [6.45, 7) is 5.73. The lowest BCUT2D eigenvalue weighted by Gasteiger charge is -2.25. The first-order valence-corrected chi connectivity index (χ1v) is 12.4. The van der Waals surface area contributed by atoms with Gasteiger partial charge in [0.15, 0.2) is 11.5 Å². The van der Waals surface area contributed by atoms with Crippen LogP contribution in [0.2, 0.25) is 0 Å². The van der Waals surface area contributed by atoms with Crippen LogP contribution in [0.25, 0.3) is 0 Å². The van der Waals surface area contributed by atoms with E-state index in [9.17, 15) is 18.4 Å². The topological polar surface area (TPSA) is 89.1 Å². The summed E-state index contributed by atoms with van der Waals surface area (Å²) < 4.78 is 43.6. The Morgan fingerprint density at radius 3 is 2.36 bits per heavy atom. The molecule has 2 N–H and O–H groups in total. The molecule has 0 bridgehead atoms. The van der Waals surface area contributed by atoms with Gasteiger partial charge >= 0.3 is 12.1 Å². The van der Waals surface area contributed by atoms with E-state index in [-0.39, 0.29) is 37.8 Å². The van der Waals surface area contributed by atoms with Crippen LogP contribution in [0.4, 0.5) is 24.1 Å². The van der Waals surface area contributed by atoms with E-state index in [0.717, 1.165) is 17.7 Å². The largest absolute Gasteiger partial charge is 0.493 e. The molecule has 0 aromatic heterocycles. The number of hydrogen-bond acceptors (Lipinski definition) is 5. The molecular formula is C29H33F2N3O5. The molecule has 0 aliphatic heterocycles. The summed E-state index contributed by atoms with van der Waals surface area (Å²) in [5.41, 5.74) is 0.912. The Balaban J connectivity index is 1.70. The molecule has 0 atom stereocenters. The number of urea groups is 1. The first kappa shape index (κ1) is 29.2. The summed E-state index contributed by atoms with van der Waals surface area (Å²) in [5, 5.41) is 5.52. The molecule has 3 aromatic carbocycles. The number of carbonyl (C=O) groups excluding carboxylic acids is 2. The average molecular weight is 542 g/mol. The zero-order valence-corrected chi connectivity index (χ0v) is 22.4. The van der Waals surface area contributed by atoms with Crippen molar-refractivity contribution in [1.29, 1.82) is 0 Å². The van der Waals surface area contributed by atoms with Crippen molar-refractivity contribution in [3.8, 4) is 11.5 Å². The third kappa shape index (κ3) is 9.48. The monoisotopic (exact) mass is 541 g/mol. The van der Waals surface area contributed by atoms with E-state index in [0.29, 0.717) is 17.2 Å². The van der Waals surface area contributed by atoms with Gasteiger partial charge in [0, 0.05) is 37.0 Å². The van der Waals surface area contributed by atoms with Crippen molar-refractivity contribution in [2.24, 2.45) is 0 Å². The minimum absolute atomic E-state index is 0.121. The number of nitrogens with one attached hydrogen (secondary N) is 2. The van der Waals surface area contributed by atoms with Gasteiger partial charge in [-0.15, -0.1) is 0 Å². The second kappa shape index (κ2) is 13.5. The fraction of sp³-hybridized carbons (Fsp3) is 0.310. The highest BCUT2D eigenvalue weighted by Gasteiger charge is 2.19. The fourth-order valence-corrected chi connectivity index (χ4v) is 3.53. The number of carbonyl (C=O) groups is 2. The second-order valence-corrected chi connectivity index (χ2v) is 9.66. The Morgan fingerprint density at radius 1 is 0.949 bits per heavy atom. The minimum Gasteiger partial charge on any atom is -0.493 e. The lowest BCUT2D eigenvalue weighted by atomic mass is 10.2. The molecule has 0 unspecified atom stereocenters. The summed E-state index contributed by atoms with van der Waals surface area (Å²) in [5.74, 6) is -0.631. The molecule has 0 saturated heterocycles. The molecular weight excluding hydrogens is 508 g/mol. The van der Waals surface area contributed by atoms with Crippen LogP contribution in [-0.4, -0.2) is 42.8 Å². The molecule has 0 radical (unpaired) electrons. The Morgan fingerprint density at radius 2 is 1.69 bits per heavy atom. The van der Waals surface area contributed by atoms with Gasteiger partial charge < -0.3 is 29.7 Å². The van der Waals surface area contributed by atoms with Crippen molar-refractivity contribution in [2.45, 2.75) is 39.5 Å². The molecule has 0 spiro atoms. The summed E-state index contributed by atoms with van der Waals surface area (Å²) in [4.78, 5) is 26.7. The fourth-order valence-electron chi connectivity index (χ4n) is 3.53. The number of anilines is 1. The molecule has 0 aliphatic rings. The number of methoxy groups -OCH3 is 1. The van der Waals surface area contributed by atoms with Crippen molar-refractivity contribution in [3.05, 3.63) is 89.5 Å². The van der Waals surface area contributed by atoms with Gasteiger partial charge in [-0.3, -0.25) is 0 Å². The number of halogens is 2. The third-order valence-corrected chi connectivity index (χ3v) is 5.36. The Kier molecular flexibility index (Phi) is 10.1. The summed E-state index contributed by atoms with van der Waals surface area (Å²) in [6.07, 6.45) is -0.577. The summed E-state index contributed by atoms with van der Waals surface area (Å²) in [6, 6.07) is 17.0. The number of para-hydroxylation sites is 1. The zero-order chi connectivity index (χ0) is 28.4. The van der Waals surface area contributed by atoms with Crippen LogP contribution in [0, 0.1) is 11.6 Å². The molecule has 0 heterocycles. The van der Waals surface area contributed by atoms with Gasteiger partial charge in [0.25, 0.3) is 0 Å². The molecule has 10 heteroatoms. The predicted molar refractivity (Wildman–Crippen MR) is 144 cm³/mol. The van der Waals surface area contributed by atoms with E-state index < -0.39 is 23.3 Å². The minimum atomic E-state index is -0.703. The van der Waals surface area contributed by atoms with E-state index in [4.69, 9.17) is 14.2 Å². The van der Waals surface area contributed by atoms with Gasteiger partial charge in [0.05, 0.1) is 7.11 Å². The quantitative estimate of drug-likeness (QED) is 0.323. The van der Waals surface area contributed by atoms with Crippen LogP contribution in [0.15, 0.2) is 66.7 Å². The van der Waals surface area contributed by atoms with Crippen LogP contribution >= 0.6 is 0 Å². The van der Waals surface area contributed by atoms with Crippen LogP contribution < -0.4 is 20.1 Å². The number of rotatable bonds is 10. The van der Waals surface area contributed by atoms with Crippen molar-refractivity contribution >= 4 is 17.8 Å². The van der Waals surface area contributed by atoms with E-state index in [2.05, 4.69) is 10.6 Å². The SMILES string of the molecule is COc1cc(CN(CCNC(=O)OC(C)(C)C)C(=O)Nc2ccccc2)ccc1OCc1ccc(F)cc1F. The predicted octanol–water partition coefficient (Wildman–Crippen LogP) is 6.11. The molecule has 0 aliphatic carbocycles. The molecule has 3 rings (SSSR count). The maximum Gasteiger partial charge on any atom is 0.407 e. The van der Waals surface area contributed by atoms with Crippen molar-refractivity contribution in [1.82, 2.24) is 10.2 Å². The lowest BCUT2D eigenvalue weighted by molar-refractivity contribution is 0.0523. The van der Waals surface area contributed by atoms with Crippen LogP contribution in [-0.2, 0) is 17.9 Å². The van der Waals surface area contributed by atoms with E-state index in [1.165, 1.54) is 18.1 Å². The van der Waals surface area contributed by atoms with Crippen molar-refractivity contribution < 1.29 is 32.6 Å². The van der Waals surface area contributed by atoms with Crippen LogP contribution in [0.3, 0.4) is 0 Å². The maximum atomic E-state index is 14.0. The summed E-state index contributed by atoms with van der Waals surface area (Å²) in [7, 11) is 1.47. The van der Waals surface area contributed by atoms with Gasteiger partial charge in [-0.2, -0.15) is 0 Å². The van der Waals surface area contributed by atoms with Gasteiger partial charge in [-0.25, -0.2) is 18.4 Å². The first-order chi connectivity index (χ1) is 18.5. The number of nitrogens with zero attached hydrogens (tertiary/aromatic N) is 1. The standard InChI is InChI=1S/C29H33F2N3O5/c1-29(2,3)39-28(36)32-14-15-34(27(35)33-23-8-6-5-7-9-23)18-20-10-13-25(26(16-20)37-4)38-19-21-11-12-22(30)17-24(21)31/h5-13,16-17H,14-15,18-19H2,1-4H3,(H,32,36)(H,33,35).